The summed E-state index contributed by atoms with van der Waals surface area (Å²) in [5, 5.41) is 16.0. The van der Waals surface area contributed by atoms with Gasteiger partial charge in [-0.15, -0.1) is 0 Å². The van der Waals surface area contributed by atoms with Gasteiger partial charge < -0.3 is 10.1 Å². The quantitative estimate of drug-likeness (QED) is 0.312. The van der Waals surface area contributed by atoms with Gasteiger partial charge in [0.25, 0.3) is 5.56 Å². The first-order valence-corrected chi connectivity index (χ1v) is 12.7. The van der Waals surface area contributed by atoms with Crippen molar-refractivity contribution in [3.8, 4) is 11.1 Å². The Bertz CT molecular complexity index is 1610. The number of amides is 1. The molecule has 0 unspecified atom stereocenters. The van der Waals surface area contributed by atoms with Crippen LogP contribution in [-0.4, -0.2) is 32.7 Å². The number of carboxylic acids is 1. The van der Waals surface area contributed by atoms with E-state index in [1.807, 2.05) is 79.7 Å². The fourth-order valence-corrected chi connectivity index (χ4v) is 5.20. The van der Waals surface area contributed by atoms with Crippen LogP contribution in [0, 0.1) is 6.92 Å². The second-order valence-electron chi connectivity index (χ2n) is 9.07. The van der Waals surface area contributed by atoms with Crippen molar-refractivity contribution >= 4 is 44.4 Å². The number of hydrogen-bond acceptors (Lipinski definition) is 4. The first-order chi connectivity index (χ1) is 17.8. The van der Waals surface area contributed by atoms with Crippen molar-refractivity contribution in [1.82, 2.24) is 9.99 Å². The normalized spacial score (nSPS) is 15.1. The summed E-state index contributed by atoms with van der Waals surface area (Å²) < 4.78 is 0.848. The molecule has 2 N–H and O–H groups in total. The summed E-state index contributed by atoms with van der Waals surface area (Å²) >= 11 is 3.49. The van der Waals surface area contributed by atoms with E-state index in [1.165, 1.54) is 5.01 Å². The highest BCUT2D eigenvalue weighted by atomic mass is 79.9. The molecule has 1 aromatic heterocycles. The number of rotatable bonds is 6. The number of aromatic amines is 1. The van der Waals surface area contributed by atoms with Crippen LogP contribution in [0.1, 0.15) is 42.0 Å². The van der Waals surface area contributed by atoms with E-state index in [1.54, 1.807) is 0 Å². The number of hydrogen-bond donors (Lipinski definition) is 2. The second-order valence-corrected chi connectivity index (χ2v) is 9.99. The molecule has 0 aliphatic carbocycles. The van der Waals surface area contributed by atoms with E-state index in [4.69, 9.17) is 5.11 Å². The fraction of sp³-hybridized carbons (Fsp3) is 0.172. The molecule has 37 heavy (non-hydrogen) atoms. The number of aliphatic carboxylic acids is 1. The summed E-state index contributed by atoms with van der Waals surface area (Å²) in [5.41, 5.74) is 4.84. The van der Waals surface area contributed by atoms with Gasteiger partial charge in [0.1, 0.15) is 0 Å². The number of aryl methyl sites for hydroxylation is 1. The Hall–Kier alpha value is -4.04. The highest BCUT2D eigenvalue weighted by Crippen LogP contribution is 2.38. The van der Waals surface area contributed by atoms with Gasteiger partial charge in [0.05, 0.1) is 23.7 Å². The number of carbonyl (C=O) groups is 2. The van der Waals surface area contributed by atoms with E-state index in [0.717, 1.165) is 37.6 Å². The van der Waals surface area contributed by atoms with Crippen LogP contribution in [0.3, 0.4) is 0 Å². The summed E-state index contributed by atoms with van der Waals surface area (Å²) in [6.07, 6.45) is -0.165. The summed E-state index contributed by atoms with van der Waals surface area (Å²) in [5.74, 6) is -1.46. The summed E-state index contributed by atoms with van der Waals surface area (Å²) in [6.45, 7) is 2.00. The molecule has 0 radical (unpaired) electrons. The number of nitrogens with zero attached hydrogens (tertiary/aromatic N) is 2. The maximum Gasteiger partial charge on any atom is 0.303 e. The smallest absolute Gasteiger partial charge is 0.303 e. The first kappa shape index (κ1) is 24.6. The standard InChI is InChI=1S/C29H24BrN3O4/c1-17-10-11-22-21(14-17)27(18-6-3-2-4-7-18)28(29(37)31-22)23-16-24(19-8-5-9-20(30)15-19)33(32-23)25(34)12-13-26(35)36/h2-11,14-15,24H,12-13,16H2,1H3,(H,31,37)(H,35,36)/t24-/m1/s1. The van der Waals surface area contributed by atoms with Crippen LogP contribution in [-0.2, 0) is 9.59 Å². The molecule has 3 aromatic carbocycles. The zero-order valence-electron chi connectivity index (χ0n) is 20.1. The molecule has 5 rings (SSSR count). The third-order valence-corrected chi connectivity index (χ3v) is 6.97. The molecule has 0 fully saturated rings. The lowest BCUT2D eigenvalue weighted by molar-refractivity contribution is -0.141. The van der Waals surface area contributed by atoms with Crippen molar-refractivity contribution in [3.63, 3.8) is 0 Å². The number of pyridine rings is 1. The zero-order chi connectivity index (χ0) is 26.1. The lowest BCUT2D eigenvalue weighted by Crippen LogP contribution is -2.27. The van der Waals surface area contributed by atoms with Gasteiger partial charge >= 0.3 is 5.97 Å². The van der Waals surface area contributed by atoms with Crippen LogP contribution < -0.4 is 5.56 Å². The van der Waals surface area contributed by atoms with Crippen molar-refractivity contribution in [2.24, 2.45) is 5.10 Å². The third kappa shape index (κ3) is 4.97. The second kappa shape index (κ2) is 10.1. The van der Waals surface area contributed by atoms with E-state index >= 15 is 0 Å². The molecule has 0 saturated heterocycles. The average Bonchev–Trinajstić information content (AvgIpc) is 3.32. The first-order valence-electron chi connectivity index (χ1n) is 11.9. The Kier molecular flexibility index (Phi) is 6.76. The Labute approximate surface area is 221 Å². The molecule has 1 aliphatic heterocycles. The van der Waals surface area contributed by atoms with Crippen molar-refractivity contribution in [2.75, 3.05) is 0 Å². The molecule has 0 spiro atoms. The highest BCUT2D eigenvalue weighted by molar-refractivity contribution is 9.10. The van der Waals surface area contributed by atoms with Crippen LogP contribution in [0.2, 0.25) is 0 Å². The number of nitrogens with one attached hydrogen (secondary N) is 1. The zero-order valence-corrected chi connectivity index (χ0v) is 21.7. The number of H-pyrrole nitrogens is 1. The Morgan fingerprint density at radius 3 is 2.54 bits per heavy atom. The van der Waals surface area contributed by atoms with Crippen molar-refractivity contribution in [1.29, 1.82) is 0 Å². The molecule has 1 atom stereocenters. The Balaban J connectivity index is 1.70. The topological polar surface area (TPSA) is 103 Å². The summed E-state index contributed by atoms with van der Waals surface area (Å²) in [6, 6.07) is 22.7. The highest BCUT2D eigenvalue weighted by Gasteiger charge is 2.35. The van der Waals surface area contributed by atoms with Gasteiger partial charge in [0, 0.05) is 33.8 Å². The van der Waals surface area contributed by atoms with Crippen molar-refractivity contribution in [2.45, 2.75) is 32.2 Å². The average molecular weight is 558 g/mol. The van der Waals surface area contributed by atoms with Crippen molar-refractivity contribution in [3.05, 3.63) is 104 Å². The maximum absolute atomic E-state index is 13.6. The molecule has 2 heterocycles. The maximum atomic E-state index is 13.6. The van der Waals surface area contributed by atoms with Gasteiger partial charge in [-0.3, -0.25) is 14.4 Å². The summed E-state index contributed by atoms with van der Waals surface area (Å²) in [7, 11) is 0. The van der Waals surface area contributed by atoms with E-state index in [2.05, 4.69) is 26.0 Å². The molecule has 186 valence electrons. The lowest BCUT2D eigenvalue weighted by Gasteiger charge is -2.22. The van der Waals surface area contributed by atoms with Gasteiger partial charge in [0.2, 0.25) is 5.91 Å². The molecule has 1 amide bonds. The molecular formula is C29H24BrN3O4. The van der Waals surface area contributed by atoms with E-state index in [0.29, 0.717) is 17.7 Å². The van der Waals surface area contributed by atoms with Gasteiger partial charge in [0.15, 0.2) is 0 Å². The van der Waals surface area contributed by atoms with Crippen molar-refractivity contribution < 1.29 is 14.7 Å². The molecule has 0 saturated carbocycles. The number of aromatic nitrogens is 1. The minimum atomic E-state index is -1.05. The largest absolute Gasteiger partial charge is 0.481 e. The Morgan fingerprint density at radius 2 is 1.81 bits per heavy atom. The number of hydrazone groups is 1. The van der Waals surface area contributed by atoms with Crippen LogP contribution in [0.25, 0.3) is 22.0 Å². The number of carbonyl (C=O) groups excluding carboxylic acids is 1. The number of carboxylic acid groups (broad SMARTS) is 1. The summed E-state index contributed by atoms with van der Waals surface area (Å²) in [4.78, 5) is 40.8. The minimum absolute atomic E-state index is 0.185. The van der Waals surface area contributed by atoms with Crippen LogP contribution >= 0.6 is 15.9 Å². The monoisotopic (exact) mass is 557 g/mol. The molecule has 7 nitrogen and oxygen atoms in total. The van der Waals surface area contributed by atoms with Gasteiger partial charge in [-0.1, -0.05) is 70.0 Å². The van der Waals surface area contributed by atoms with Gasteiger partial charge in [-0.25, -0.2) is 5.01 Å². The van der Waals surface area contributed by atoms with Gasteiger partial charge in [-0.2, -0.15) is 5.10 Å². The lowest BCUT2D eigenvalue weighted by atomic mass is 9.90. The minimum Gasteiger partial charge on any atom is -0.481 e. The van der Waals surface area contributed by atoms with E-state index < -0.39 is 17.9 Å². The molecule has 1 aliphatic rings. The van der Waals surface area contributed by atoms with Crippen LogP contribution in [0.15, 0.2) is 87.2 Å². The van der Waals surface area contributed by atoms with E-state index in [-0.39, 0.29) is 18.4 Å². The van der Waals surface area contributed by atoms with E-state index in [9.17, 15) is 14.4 Å². The number of fused-ring (bicyclic) bond motifs is 1. The SMILES string of the molecule is Cc1ccc2[nH]c(=O)c(C3=NN(C(=O)CCC(=O)O)[C@@H](c4cccc(Br)c4)C3)c(-c3ccccc3)c2c1. The van der Waals surface area contributed by atoms with Crippen LogP contribution in [0.5, 0.6) is 0 Å². The number of benzene rings is 3. The molecular weight excluding hydrogens is 534 g/mol. The molecule has 4 aromatic rings. The third-order valence-electron chi connectivity index (χ3n) is 6.47. The van der Waals surface area contributed by atoms with Crippen LogP contribution in [0.4, 0.5) is 0 Å². The molecule has 8 heteroatoms. The predicted molar refractivity (Wildman–Crippen MR) is 146 cm³/mol. The Morgan fingerprint density at radius 1 is 1.03 bits per heavy atom. The van der Waals surface area contributed by atoms with Gasteiger partial charge in [-0.05, 0) is 42.3 Å². The number of halogens is 1. The molecule has 0 bridgehead atoms. The predicted octanol–water partition coefficient (Wildman–Crippen LogP) is 5.81. The fourth-order valence-electron chi connectivity index (χ4n) is 4.78.